The molecule has 6 nitrogen and oxygen atoms in total. The summed E-state index contributed by atoms with van der Waals surface area (Å²) in [7, 11) is -3.54. The van der Waals surface area contributed by atoms with E-state index >= 15 is 0 Å². The van der Waals surface area contributed by atoms with E-state index in [4.69, 9.17) is 0 Å². The highest BCUT2D eigenvalue weighted by atomic mass is 32.2. The van der Waals surface area contributed by atoms with Crippen molar-refractivity contribution in [2.75, 3.05) is 11.1 Å². The van der Waals surface area contributed by atoms with E-state index < -0.39 is 15.7 Å². The Morgan fingerprint density at radius 2 is 1.96 bits per heavy atom. The molecule has 0 unspecified atom stereocenters. The van der Waals surface area contributed by atoms with Crippen molar-refractivity contribution in [3.63, 3.8) is 0 Å². The van der Waals surface area contributed by atoms with Crippen LogP contribution in [0.25, 0.3) is 11.3 Å². The highest BCUT2D eigenvalue weighted by Gasteiger charge is 2.15. The maximum absolute atomic E-state index is 12.9. The van der Waals surface area contributed by atoms with Crippen LogP contribution in [0.4, 0.5) is 9.52 Å². The first kappa shape index (κ1) is 19.1. The molecule has 0 aliphatic rings. The van der Waals surface area contributed by atoms with Gasteiger partial charge in [0.05, 0.1) is 16.3 Å². The molecule has 9 heteroatoms. The third-order valence-corrected chi connectivity index (χ3v) is 6.27. The van der Waals surface area contributed by atoms with Crippen LogP contribution < -0.4 is 5.32 Å². The number of amides is 1. The number of carbonyl (C=O) groups is 1. The molecule has 0 radical (unpaired) electrons. The van der Waals surface area contributed by atoms with Crippen LogP contribution in [0.5, 0.6) is 0 Å². The third kappa shape index (κ3) is 5.18. The summed E-state index contributed by atoms with van der Waals surface area (Å²) < 4.78 is 37.2. The fourth-order valence-electron chi connectivity index (χ4n) is 2.34. The van der Waals surface area contributed by atoms with Gasteiger partial charge in [-0.05, 0) is 42.8 Å². The van der Waals surface area contributed by atoms with Gasteiger partial charge in [-0.2, -0.15) is 0 Å². The molecule has 0 spiro atoms. The highest BCUT2D eigenvalue weighted by molar-refractivity contribution is 7.91. The molecule has 0 aliphatic heterocycles. The Morgan fingerprint density at radius 1 is 1.19 bits per heavy atom. The Morgan fingerprint density at radius 3 is 2.67 bits per heavy atom. The fraction of sp³-hybridized carbons (Fsp3) is 0.167. The van der Waals surface area contributed by atoms with Gasteiger partial charge in [0.15, 0.2) is 15.0 Å². The zero-order valence-electron chi connectivity index (χ0n) is 14.1. The summed E-state index contributed by atoms with van der Waals surface area (Å²) in [6, 6.07) is 8.31. The summed E-state index contributed by atoms with van der Waals surface area (Å²) in [5, 5.41) is 4.93. The van der Waals surface area contributed by atoms with Crippen LogP contribution >= 0.6 is 11.3 Å². The molecule has 0 atom stereocenters. The second-order valence-corrected chi connectivity index (χ2v) is 8.67. The van der Waals surface area contributed by atoms with Gasteiger partial charge in [-0.1, -0.05) is 0 Å². The number of rotatable bonds is 7. The SMILES string of the molecule is O=C(CCCS(=O)(=O)c1ccc(F)cc1)Nc1nc(-c2cccnc2)cs1. The molecule has 0 bridgehead atoms. The smallest absolute Gasteiger partial charge is 0.226 e. The summed E-state index contributed by atoms with van der Waals surface area (Å²) in [6.07, 6.45) is 3.55. The molecule has 1 aromatic carbocycles. The monoisotopic (exact) mass is 405 g/mol. The van der Waals surface area contributed by atoms with Gasteiger partial charge in [0.1, 0.15) is 5.82 Å². The number of pyridine rings is 1. The molecule has 0 fully saturated rings. The van der Waals surface area contributed by atoms with Gasteiger partial charge >= 0.3 is 0 Å². The molecule has 0 aliphatic carbocycles. The van der Waals surface area contributed by atoms with E-state index in [1.165, 1.54) is 23.5 Å². The normalized spacial score (nSPS) is 11.3. The van der Waals surface area contributed by atoms with Crippen LogP contribution in [0.15, 0.2) is 59.1 Å². The number of thiazole rings is 1. The molecule has 140 valence electrons. The third-order valence-electron chi connectivity index (χ3n) is 3.70. The van der Waals surface area contributed by atoms with Gasteiger partial charge < -0.3 is 5.32 Å². The molecule has 3 aromatic rings. The first-order valence-electron chi connectivity index (χ1n) is 8.08. The summed E-state index contributed by atoms with van der Waals surface area (Å²) in [5.41, 5.74) is 1.56. The van der Waals surface area contributed by atoms with Crippen molar-refractivity contribution in [3.05, 3.63) is 60.0 Å². The molecule has 27 heavy (non-hydrogen) atoms. The number of aromatic nitrogens is 2. The number of halogens is 1. The van der Waals surface area contributed by atoms with Gasteiger partial charge in [-0.15, -0.1) is 11.3 Å². The average molecular weight is 405 g/mol. The van der Waals surface area contributed by atoms with Crippen molar-refractivity contribution < 1.29 is 17.6 Å². The second kappa shape index (κ2) is 8.36. The molecule has 2 aromatic heterocycles. The molecule has 3 rings (SSSR count). The molecule has 1 N–H and O–H groups in total. The summed E-state index contributed by atoms with van der Waals surface area (Å²) in [5.74, 6) is -0.996. The molecule has 1 amide bonds. The molecular weight excluding hydrogens is 389 g/mol. The molecule has 0 saturated heterocycles. The topological polar surface area (TPSA) is 89.0 Å². The lowest BCUT2D eigenvalue weighted by atomic mass is 10.2. The standard InChI is InChI=1S/C18H16FN3O3S2/c19-14-5-7-15(8-6-14)27(24,25)10-2-4-17(23)22-18-21-16(12-26-18)13-3-1-9-20-11-13/h1,3,5-9,11-12H,2,4,10H2,(H,21,22,23). The predicted octanol–water partition coefficient (Wildman–Crippen LogP) is 3.54. The average Bonchev–Trinajstić information content (AvgIpc) is 3.11. The second-order valence-electron chi connectivity index (χ2n) is 5.70. The van der Waals surface area contributed by atoms with E-state index in [1.807, 2.05) is 11.4 Å². The maximum atomic E-state index is 12.9. The summed E-state index contributed by atoms with van der Waals surface area (Å²) in [6.45, 7) is 0. The van der Waals surface area contributed by atoms with Crippen LogP contribution in [-0.2, 0) is 14.6 Å². The van der Waals surface area contributed by atoms with Gasteiger partial charge in [0.2, 0.25) is 5.91 Å². The number of hydrogen-bond acceptors (Lipinski definition) is 6. The van der Waals surface area contributed by atoms with Crippen LogP contribution in [0.1, 0.15) is 12.8 Å². The van der Waals surface area contributed by atoms with E-state index in [9.17, 15) is 17.6 Å². The van der Waals surface area contributed by atoms with Crippen molar-refractivity contribution in [2.45, 2.75) is 17.7 Å². The summed E-state index contributed by atoms with van der Waals surface area (Å²) in [4.78, 5) is 20.4. The van der Waals surface area contributed by atoms with Crippen LogP contribution in [0, 0.1) is 5.82 Å². The lowest BCUT2D eigenvalue weighted by Gasteiger charge is -2.05. The van der Waals surface area contributed by atoms with Crippen LogP contribution in [0.2, 0.25) is 0 Å². The number of nitrogens with zero attached hydrogens (tertiary/aromatic N) is 2. The van der Waals surface area contributed by atoms with Gasteiger partial charge in [-0.3, -0.25) is 9.78 Å². The molecular formula is C18H16FN3O3S2. The largest absolute Gasteiger partial charge is 0.302 e. The van der Waals surface area contributed by atoms with E-state index in [-0.39, 0.29) is 29.4 Å². The number of benzene rings is 1. The number of sulfone groups is 1. The minimum absolute atomic E-state index is 0.0439. The van der Waals surface area contributed by atoms with Gasteiger partial charge in [-0.25, -0.2) is 17.8 Å². The maximum Gasteiger partial charge on any atom is 0.226 e. The lowest BCUT2D eigenvalue weighted by molar-refractivity contribution is -0.116. The van der Waals surface area contributed by atoms with Crippen molar-refractivity contribution in [1.29, 1.82) is 0 Å². The number of nitrogens with one attached hydrogen (secondary N) is 1. The zero-order chi connectivity index (χ0) is 19.3. The summed E-state index contributed by atoms with van der Waals surface area (Å²) >= 11 is 1.29. The number of anilines is 1. The fourth-order valence-corrected chi connectivity index (χ4v) is 4.39. The van der Waals surface area contributed by atoms with Crippen molar-refractivity contribution in [1.82, 2.24) is 9.97 Å². The Balaban J connectivity index is 1.51. The quantitative estimate of drug-likeness (QED) is 0.608. The van der Waals surface area contributed by atoms with Crippen LogP contribution in [0.3, 0.4) is 0 Å². The molecule has 0 saturated carbocycles. The van der Waals surface area contributed by atoms with Crippen molar-refractivity contribution in [3.8, 4) is 11.3 Å². The zero-order valence-corrected chi connectivity index (χ0v) is 15.8. The minimum Gasteiger partial charge on any atom is -0.302 e. The van der Waals surface area contributed by atoms with Crippen LogP contribution in [-0.4, -0.2) is 30.0 Å². The van der Waals surface area contributed by atoms with Gasteiger partial charge in [0.25, 0.3) is 0 Å². The Labute approximate surface area is 160 Å². The molecule has 2 heterocycles. The van der Waals surface area contributed by atoms with Crippen molar-refractivity contribution in [2.24, 2.45) is 0 Å². The Kier molecular flexibility index (Phi) is 5.92. The first-order chi connectivity index (χ1) is 12.9. The predicted molar refractivity (Wildman–Crippen MR) is 102 cm³/mol. The van der Waals surface area contributed by atoms with Gasteiger partial charge in [0, 0.05) is 29.8 Å². The van der Waals surface area contributed by atoms with E-state index in [2.05, 4.69) is 15.3 Å². The highest BCUT2D eigenvalue weighted by Crippen LogP contribution is 2.24. The lowest BCUT2D eigenvalue weighted by Crippen LogP contribution is -2.14. The Bertz CT molecular complexity index is 1020. The minimum atomic E-state index is -3.54. The van der Waals surface area contributed by atoms with Crippen molar-refractivity contribution >= 4 is 32.2 Å². The first-order valence-corrected chi connectivity index (χ1v) is 10.6. The number of carbonyl (C=O) groups excluding carboxylic acids is 1. The Hall–Kier alpha value is -2.65. The number of hydrogen-bond donors (Lipinski definition) is 1. The van der Waals surface area contributed by atoms with E-state index in [1.54, 1.807) is 18.5 Å². The van der Waals surface area contributed by atoms with E-state index in [0.717, 1.165) is 17.7 Å². The van der Waals surface area contributed by atoms with E-state index in [0.29, 0.717) is 10.8 Å².